The van der Waals surface area contributed by atoms with Crippen LogP contribution in [0, 0.1) is 0 Å². The minimum atomic E-state index is -0.506. The Kier molecular flexibility index (Phi) is 6.90. The van der Waals surface area contributed by atoms with Crippen molar-refractivity contribution in [3.8, 4) is 5.75 Å². The van der Waals surface area contributed by atoms with Crippen molar-refractivity contribution in [1.82, 2.24) is 5.32 Å². The lowest BCUT2D eigenvalue weighted by Gasteiger charge is -2.15. The highest BCUT2D eigenvalue weighted by molar-refractivity contribution is 9.10. The molecule has 1 atom stereocenters. The van der Waals surface area contributed by atoms with Gasteiger partial charge in [-0.25, -0.2) is 0 Å². The topological polar surface area (TPSA) is 41.5 Å². The monoisotopic (exact) mass is 363 g/mol. The standard InChI is InChI=1S/C18H22BrNO2/c1-2-10-22-18-9-8-16(19)11-15(18)12-20-13-17(21)14-6-4-3-5-7-14/h3-9,11,17,20-21H,2,10,12-13H2,1H3. The molecule has 0 aromatic heterocycles. The summed E-state index contributed by atoms with van der Waals surface area (Å²) in [6.45, 7) is 3.96. The highest BCUT2D eigenvalue weighted by atomic mass is 79.9. The third-order valence-corrected chi connectivity index (χ3v) is 3.81. The van der Waals surface area contributed by atoms with Gasteiger partial charge in [0.2, 0.25) is 0 Å². The minimum absolute atomic E-state index is 0.504. The molecule has 0 radical (unpaired) electrons. The van der Waals surface area contributed by atoms with Crippen LogP contribution in [-0.2, 0) is 6.54 Å². The first-order valence-electron chi connectivity index (χ1n) is 7.55. The Morgan fingerprint density at radius 2 is 1.95 bits per heavy atom. The fraction of sp³-hybridized carbons (Fsp3) is 0.333. The fourth-order valence-corrected chi connectivity index (χ4v) is 2.58. The van der Waals surface area contributed by atoms with Gasteiger partial charge in [-0.2, -0.15) is 0 Å². The van der Waals surface area contributed by atoms with Gasteiger partial charge in [-0.05, 0) is 30.2 Å². The fourth-order valence-electron chi connectivity index (χ4n) is 2.18. The van der Waals surface area contributed by atoms with Gasteiger partial charge in [-0.15, -0.1) is 0 Å². The first kappa shape index (κ1) is 17.0. The predicted molar refractivity (Wildman–Crippen MR) is 93.0 cm³/mol. The van der Waals surface area contributed by atoms with Gasteiger partial charge in [-0.3, -0.25) is 0 Å². The van der Waals surface area contributed by atoms with Gasteiger partial charge in [0.25, 0.3) is 0 Å². The number of aliphatic hydroxyl groups is 1. The van der Waals surface area contributed by atoms with E-state index >= 15 is 0 Å². The molecule has 0 spiro atoms. The van der Waals surface area contributed by atoms with Crippen molar-refractivity contribution in [2.45, 2.75) is 26.0 Å². The zero-order valence-electron chi connectivity index (χ0n) is 12.8. The van der Waals surface area contributed by atoms with E-state index in [-0.39, 0.29) is 0 Å². The van der Waals surface area contributed by atoms with E-state index in [1.165, 1.54) is 0 Å². The summed E-state index contributed by atoms with van der Waals surface area (Å²) in [7, 11) is 0. The lowest BCUT2D eigenvalue weighted by molar-refractivity contribution is 0.174. The lowest BCUT2D eigenvalue weighted by Crippen LogP contribution is -2.21. The molecule has 0 saturated heterocycles. The SMILES string of the molecule is CCCOc1ccc(Br)cc1CNCC(O)c1ccccc1. The molecule has 22 heavy (non-hydrogen) atoms. The number of rotatable bonds is 8. The van der Waals surface area contributed by atoms with E-state index in [0.717, 1.165) is 27.8 Å². The Morgan fingerprint density at radius 1 is 1.18 bits per heavy atom. The van der Waals surface area contributed by atoms with Crippen LogP contribution in [0.15, 0.2) is 53.0 Å². The van der Waals surface area contributed by atoms with E-state index in [4.69, 9.17) is 4.74 Å². The van der Waals surface area contributed by atoms with Crippen molar-refractivity contribution in [3.05, 3.63) is 64.1 Å². The third kappa shape index (κ3) is 5.13. The largest absolute Gasteiger partial charge is 0.493 e. The quantitative estimate of drug-likeness (QED) is 0.742. The molecule has 0 saturated carbocycles. The molecule has 2 aromatic rings. The Hall–Kier alpha value is -1.36. The summed E-state index contributed by atoms with van der Waals surface area (Å²) in [6.07, 6.45) is 0.476. The number of ether oxygens (including phenoxy) is 1. The maximum absolute atomic E-state index is 10.2. The van der Waals surface area contributed by atoms with Crippen LogP contribution in [-0.4, -0.2) is 18.3 Å². The molecule has 0 aliphatic rings. The van der Waals surface area contributed by atoms with Crippen LogP contribution in [0.2, 0.25) is 0 Å². The zero-order chi connectivity index (χ0) is 15.8. The van der Waals surface area contributed by atoms with E-state index in [0.29, 0.717) is 19.7 Å². The van der Waals surface area contributed by atoms with Crippen LogP contribution in [0.3, 0.4) is 0 Å². The number of halogens is 1. The third-order valence-electron chi connectivity index (χ3n) is 3.32. The first-order chi connectivity index (χ1) is 10.7. The average Bonchev–Trinajstić information content (AvgIpc) is 2.55. The number of benzene rings is 2. The molecule has 0 heterocycles. The van der Waals surface area contributed by atoms with Crippen molar-refractivity contribution in [3.63, 3.8) is 0 Å². The maximum Gasteiger partial charge on any atom is 0.123 e. The maximum atomic E-state index is 10.2. The highest BCUT2D eigenvalue weighted by Gasteiger charge is 2.08. The molecule has 0 aliphatic carbocycles. The molecule has 118 valence electrons. The normalized spacial score (nSPS) is 12.1. The summed E-state index contributed by atoms with van der Waals surface area (Å²) >= 11 is 3.49. The summed E-state index contributed by atoms with van der Waals surface area (Å²) < 4.78 is 6.78. The van der Waals surface area contributed by atoms with Gasteiger partial charge < -0.3 is 15.2 Å². The highest BCUT2D eigenvalue weighted by Crippen LogP contribution is 2.23. The Morgan fingerprint density at radius 3 is 2.68 bits per heavy atom. The smallest absolute Gasteiger partial charge is 0.123 e. The first-order valence-corrected chi connectivity index (χ1v) is 8.35. The van der Waals surface area contributed by atoms with Crippen molar-refractivity contribution in [2.24, 2.45) is 0 Å². The molecule has 0 amide bonds. The van der Waals surface area contributed by atoms with Gasteiger partial charge in [-0.1, -0.05) is 53.2 Å². The van der Waals surface area contributed by atoms with E-state index in [1.807, 2.05) is 48.5 Å². The molecule has 0 aliphatic heterocycles. The second-order valence-corrected chi connectivity index (χ2v) is 6.07. The van der Waals surface area contributed by atoms with Crippen LogP contribution in [0.1, 0.15) is 30.6 Å². The van der Waals surface area contributed by atoms with Crippen LogP contribution in [0.25, 0.3) is 0 Å². The molecule has 0 fully saturated rings. The number of hydrogen-bond donors (Lipinski definition) is 2. The Balaban J connectivity index is 1.92. The van der Waals surface area contributed by atoms with Crippen LogP contribution < -0.4 is 10.1 Å². The zero-order valence-corrected chi connectivity index (χ0v) is 14.3. The summed E-state index contributed by atoms with van der Waals surface area (Å²) in [6, 6.07) is 15.7. The van der Waals surface area contributed by atoms with Crippen molar-refractivity contribution < 1.29 is 9.84 Å². The summed E-state index contributed by atoms with van der Waals surface area (Å²) in [4.78, 5) is 0. The van der Waals surface area contributed by atoms with E-state index in [1.54, 1.807) is 0 Å². The van der Waals surface area contributed by atoms with Crippen molar-refractivity contribution >= 4 is 15.9 Å². The van der Waals surface area contributed by atoms with Gasteiger partial charge in [0, 0.05) is 23.1 Å². The minimum Gasteiger partial charge on any atom is -0.493 e. The summed E-state index contributed by atoms with van der Waals surface area (Å²) in [5, 5.41) is 13.5. The molecule has 0 bridgehead atoms. The van der Waals surface area contributed by atoms with E-state index in [2.05, 4.69) is 28.2 Å². The predicted octanol–water partition coefficient (Wildman–Crippen LogP) is 4.06. The number of nitrogens with one attached hydrogen (secondary N) is 1. The van der Waals surface area contributed by atoms with Crippen molar-refractivity contribution in [2.75, 3.05) is 13.2 Å². The molecule has 1 unspecified atom stereocenters. The van der Waals surface area contributed by atoms with Gasteiger partial charge >= 0.3 is 0 Å². The van der Waals surface area contributed by atoms with Crippen LogP contribution in [0.4, 0.5) is 0 Å². The lowest BCUT2D eigenvalue weighted by atomic mass is 10.1. The van der Waals surface area contributed by atoms with Crippen LogP contribution >= 0.6 is 15.9 Å². The molecular formula is C18H22BrNO2. The summed E-state index contributed by atoms with van der Waals surface area (Å²) in [5.74, 6) is 0.895. The van der Waals surface area contributed by atoms with Crippen molar-refractivity contribution in [1.29, 1.82) is 0 Å². The summed E-state index contributed by atoms with van der Waals surface area (Å²) in [5.41, 5.74) is 2.01. The molecule has 2 rings (SSSR count). The molecule has 4 heteroatoms. The molecule has 2 N–H and O–H groups in total. The average molecular weight is 364 g/mol. The Labute approximate surface area is 140 Å². The molecule has 2 aromatic carbocycles. The van der Waals surface area contributed by atoms with E-state index in [9.17, 15) is 5.11 Å². The Bertz CT molecular complexity index is 575. The molecule has 3 nitrogen and oxygen atoms in total. The second-order valence-electron chi connectivity index (χ2n) is 5.16. The molecular weight excluding hydrogens is 342 g/mol. The van der Waals surface area contributed by atoms with Gasteiger partial charge in [0.1, 0.15) is 5.75 Å². The number of hydrogen-bond acceptors (Lipinski definition) is 3. The van der Waals surface area contributed by atoms with Gasteiger partial charge in [0.15, 0.2) is 0 Å². The van der Waals surface area contributed by atoms with E-state index < -0.39 is 6.10 Å². The van der Waals surface area contributed by atoms with Crippen LogP contribution in [0.5, 0.6) is 5.75 Å². The second kappa shape index (κ2) is 8.93. The number of aliphatic hydroxyl groups excluding tert-OH is 1. The van der Waals surface area contributed by atoms with Gasteiger partial charge in [0.05, 0.1) is 12.7 Å².